The summed E-state index contributed by atoms with van der Waals surface area (Å²) in [5.74, 6) is 0.475. The summed E-state index contributed by atoms with van der Waals surface area (Å²) in [6.07, 6.45) is 16.7. The Morgan fingerprint density at radius 1 is 1.00 bits per heavy atom. The van der Waals surface area contributed by atoms with Crippen molar-refractivity contribution in [1.29, 1.82) is 0 Å². The fraction of sp³-hybridized carbons (Fsp3) is 0.905. The first kappa shape index (κ1) is 22.0. The van der Waals surface area contributed by atoms with E-state index in [-0.39, 0.29) is 12.5 Å². The zero-order chi connectivity index (χ0) is 18.3. The number of unbranched alkanes of at least 4 members (excludes halogenated alkanes) is 9. The third-order valence-electron chi connectivity index (χ3n) is 5.19. The number of amidine groups is 1. The first-order valence-corrected chi connectivity index (χ1v) is 10.7. The predicted molar refractivity (Wildman–Crippen MR) is 106 cm³/mol. The first-order chi connectivity index (χ1) is 12.2. The molecule has 1 rings (SSSR count). The summed E-state index contributed by atoms with van der Waals surface area (Å²) < 4.78 is 0. The lowest BCUT2D eigenvalue weighted by Crippen LogP contribution is -2.39. The van der Waals surface area contributed by atoms with Crippen LogP contribution >= 0.6 is 0 Å². The van der Waals surface area contributed by atoms with Crippen LogP contribution in [0.3, 0.4) is 0 Å². The molecule has 1 N–H and O–H groups in total. The van der Waals surface area contributed by atoms with E-state index in [0.29, 0.717) is 0 Å². The molecule has 0 aromatic heterocycles. The highest BCUT2D eigenvalue weighted by Crippen LogP contribution is 2.19. The van der Waals surface area contributed by atoms with Gasteiger partial charge >= 0.3 is 5.97 Å². The number of aliphatic imine (C=N–C) groups is 1. The van der Waals surface area contributed by atoms with Gasteiger partial charge in [0.15, 0.2) is 0 Å². The van der Waals surface area contributed by atoms with E-state index in [9.17, 15) is 4.79 Å². The van der Waals surface area contributed by atoms with Crippen LogP contribution in [0.4, 0.5) is 0 Å². The zero-order valence-corrected chi connectivity index (χ0v) is 16.6. The monoisotopic (exact) mass is 352 g/mol. The van der Waals surface area contributed by atoms with Gasteiger partial charge in [-0.2, -0.15) is 0 Å². The molecular weight excluding hydrogens is 312 g/mol. The molecule has 146 valence electrons. The molecule has 1 heterocycles. The third-order valence-corrected chi connectivity index (χ3v) is 5.19. The Balaban J connectivity index is 2.15. The van der Waals surface area contributed by atoms with Crippen LogP contribution in [0.25, 0.3) is 0 Å². The summed E-state index contributed by atoms with van der Waals surface area (Å²) in [4.78, 5) is 18.1. The number of nitrogens with zero attached hydrogens (tertiary/aromatic N) is 2. The molecule has 4 heteroatoms. The minimum absolute atomic E-state index is 0.131. The molecule has 25 heavy (non-hydrogen) atoms. The average Bonchev–Trinajstić information content (AvgIpc) is 3.04. The standard InChI is InChI=1S/C21H40N2O2/c1-3-5-6-7-8-9-10-11-12-13-15-20-22-16-17-23(20)19(14-4-2)18-21(24)25/h19H,3-18H2,1-2H3,(H,24,25). The van der Waals surface area contributed by atoms with E-state index in [1.54, 1.807) is 0 Å². The van der Waals surface area contributed by atoms with Gasteiger partial charge in [0, 0.05) is 19.0 Å². The van der Waals surface area contributed by atoms with Crippen molar-refractivity contribution in [3.63, 3.8) is 0 Å². The third kappa shape index (κ3) is 9.86. The van der Waals surface area contributed by atoms with E-state index in [1.165, 1.54) is 70.0 Å². The van der Waals surface area contributed by atoms with Gasteiger partial charge in [-0.15, -0.1) is 0 Å². The molecule has 1 aliphatic heterocycles. The van der Waals surface area contributed by atoms with Crippen LogP contribution in [-0.4, -0.2) is 40.9 Å². The fourth-order valence-electron chi connectivity index (χ4n) is 3.80. The van der Waals surface area contributed by atoms with Crippen LogP contribution in [0.1, 0.15) is 104 Å². The van der Waals surface area contributed by atoms with Crippen LogP contribution in [-0.2, 0) is 4.79 Å². The highest BCUT2D eigenvalue weighted by molar-refractivity contribution is 5.84. The molecule has 0 spiro atoms. The van der Waals surface area contributed by atoms with Gasteiger partial charge in [-0.3, -0.25) is 9.79 Å². The highest BCUT2D eigenvalue weighted by atomic mass is 16.4. The molecule has 0 aromatic rings. The molecule has 0 aromatic carbocycles. The van der Waals surface area contributed by atoms with Crippen molar-refractivity contribution in [2.24, 2.45) is 4.99 Å². The van der Waals surface area contributed by atoms with Gasteiger partial charge in [-0.05, 0) is 12.8 Å². The van der Waals surface area contributed by atoms with Gasteiger partial charge in [0.1, 0.15) is 0 Å². The molecule has 0 saturated carbocycles. The van der Waals surface area contributed by atoms with Gasteiger partial charge in [-0.25, -0.2) is 0 Å². The maximum Gasteiger partial charge on any atom is 0.305 e. The maximum atomic E-state index is 11.1. The second-order valence-electron chi connectivity index (χ2n) is 7.46. The van der Waals surface area contributed by atoms with E-state index in [1.807, 2.05) is 0 Å². The summed E-state index contributed by atoms with van der Waals surface area (Å²) in [5, 5.41) is 9.16. The molecule has 1 atom stereocenters. The Labute approximate surface area is 155 Å². The van der Waals surface area contributed by atoms with Crippen molar-refractivity contribution in [2.75, 3.05) is 13.1 Å². The zero-order valence-electron chi connectivity index (χ0n) is 16.6. The van der Waals surface area contributed by atoms with Gasteiger partial charge in [-0.1, -0.05) is 78.1 Å². The van der Waals surface area contributed by atoms with Gasteiger partial charge < -0.3 is 10.0 Å². The van der Waals surface area contributed by atoms with E-state index < -0.39 is 5.97 Å². The molecule has 0 amide bonds. The van der Waals surface area contributed by atoms with Crippen LogP contribution in [0, 0.1) is 0 Å². The van der Waals surface area contributed by atoms with Gasteiger partial charge in [0.25, 0.3) is 0 Å². The summed E-state index contributed by atoms with van der Waals surface area (Å²) >= 11 is 0. The number of aliphatic carboxylic acids is 1. The Bertz CT molecular complexity index is 382. The minimum Gasteiger partial charge on any atom is -0.481 e. The average molecular weight is 353 g/mol. The Morgan fingerprint density at radius 3 is 2.16 bits per heavy atom. The highest BCUT2D eigenvalue weighted by Gasteiger charge is 2.26. The maximum absolute atomic E-state index is 11.1. The lowest BCUT2D eigenvalue weighted by molar-refractivity contribution is -0.138. The first-order valence-electron chi connectivity index (χ1n) is 10.7. The topological polar surface area (TPSA) is 52.9 Å². The molecule has 0 aliphatic carbocycles. The fourth-order valence-corrected chi connectivity index (χ4v) is 3.80. The van der Waals surface area contributed by atoms with Crippen LogP contribution < -0.4 is 0 Å². The SMILES string of the molecule is CCCCCCCCCCCCC1=NCCN1C(CCC)CC(=O)O. The van der Waals surface area contributed by atoms with Crippen molar-refractivity contribution >= 4 is 11.8 Å². The van der Waals surface area contributed by atoms with E-state index in [4.69, 9.17) is 5.11 Å². The Morgan fingerprint density at radius 2 is 1.60 bits per heavy atom. The lowest BCUT2D eigenvalue weighted by atomic mass is 10.0. The van der Waals surface area contributed by atoms with E-state index >= 15 is 0 Å². The van der Waals surface area contributed by atoms with Crippen molar-refractivity contribution < 1.29 is 9.90 Å². The number of carbonyl (C=O) groups is 1. The second kappa shape index (κ2) is 14.1. The second-order valence-corrected chi connectivity index (χ2v) is 7.46. The largest absolute Gasteiger partial charge is 0.481 e. The number of hydrogen-bond acceptors (Lipinski definition) is 3. The summed E-state index contributed by atoms with van der Waals surface area (Å²) in [7, 11) is 0. The van der Waals surface area contributed by atoms with E-state index in [0.717, 1.165) is 32.4 Å². The molecule has 1 aliphatic rings. The molecular formula is C21H40N2O2. The Hall–Kier alpha value is -1.06. The molecule has 1 unspecified atom stereocenters. The van der Waals surface area contributed by atoms with Crippen LogP contribution in [0.5, 0.6) is 0 Å². The van der Waals surface area contributed by atoms with Crippen LogP contribution in [0.2, 0.25) is 0 Å². The van der Waals surface area contributed by atoms with Crippen LogP contribution in [0.15, 0.2) is 4.99 Å². The molecule has 0 fully saturated rings. The summed E-state index contributed by atoms with van der Waals surface area (Å²) in [6, 6.07) is 0.131. The minimum atomic E-state index is -0.691. The number of rotatable bonds is 16. The van der Waals surface area contributed by atoms with Crippen molar-refractivity contribution in [3.8, 4) is 0 Å². The predicted octanol–water partition coefficient (Wildman–Crippen LogP) is 5.65. The van der Waals surface area contributed by atoms with Gasteiger partial charge in [0.05, 0.1) is 18.8 Å². The normalized spacial score (nSPS) is 15.4. The quantitative estimate of drug-likeness (QED) is 0.365. The smallest absolute Gasteiger partial charge is 0.305 e. The van der Waals surface area contributed by atoms with Crippen molar-refractivity contribution in [3.05, 3.63) is 0 Å². The van der Waals surface area contributed by atoms with Crippen molar-refractivity contribution in [1.82, 2.24) is 4.90 Å². The number of hydrogen-bond donors (Lipinski definition) is 1. The molecule has 0 bridgehead atoms. The van der Waals surface area contributed by atoms with Gasteiger partial charge in [0.2, 0.25) is 0 Å². The number of carboxylic acids is 1. The molecule has 0 radical (unpaired) electrons. The summed E-state index contributed by atoms with van der Waals surface area (Å²) in [6.45, 7) is 6.14. The molecule has 4 nitrogen and oxygen atoms in total. The number of carboxylic acid groups (broad SMARTS) is 1. The van der Waals surface area contributed by atoms with Crippen molar-refractivity contribution in [2.45, 2.75) is 110 Å². The Kier molecular flexibility index (Phi) is 12.4. The molecule has 0 saturated heterocycles. The van der Waals surface area contributed by atoms with E-state index in [2.05, 4.69) is 23.7 Å². The summed E-state index contributed by atoms with van der Waals surface area (Å²) in [5.41, 5.74) is 0. The lowest BCUT2D eigenvalue weighted by Gasteiger charge is -2.29.